The predicted molar refractivity (Wildman–Crippen MR) is 126 cm³/mol. The number of ether oxygens (including phenoxy) is 1. The van der Waals surface area contributed by atoms with Gasteiger partial charge in [-0.15, -0.1) is 0 Å². The number of benzene rings is 3. The van der Waals surface area contributed by atoms with Crippen LogP contribution in [0.2, 0.25) is 0 Å². The molecule has 1 aliphatic heterocycles. The Labute approximate surface area is 180 Å². The molecule has 30 heavy (non-hydrogen) atoms. The highest BCUT2D eigenvalue weighted by molar-refractivity contribution is 5.72. The highest BCUT2D eigenvalue weighted by Crippen LogP contribution is 2.38. The van der Waals surface area contributed by atoms with Crippen LogP contribution < -0.4 is 14.5 Å². The van der Waals surface area contributed by atoms with Gasteiger partial charge in [-0.1, -0.05) is 42.5 Å². The first kappa shape index (κ1) is 20.3. The lowest BCUT2D eigenvalue weighted by Gasteiger charge is -2.28. The lowest BCUT2D eigenvalue weighted by molar-refractivity contribution is 0.310. The van der Waals surface area contributed by atoms with Crippen LogP contribution in [0, 0.1) is 0 Å². The van der Waals surface area contributed by atoms with E-state index in [9.17, 15) is 0 Å². The summed E-state index contributed by atoms with van der Waals surface area (Å²) in [5.74, 6) is 0.956. The number of anilines is 3. The summed E-state index contributed by atoms with van der Waals surface area (Å²) in [6.07, 6.45) is 1.06. The topological polar surface area (TPSA) is 19.0 Å². The largest absolute Gasteiger partial charge is 0.487 e. The van der Waals surface area contributed by atoms with Crippen LogP contribution in [0.5, 0.6) is 5.75 Å². The molecule has 156 valence electrons. The normalized spacial score (nSPS) is 12.7. The van der Waals surface area contributed by atoms with Crippen molar-refractivity contribution in [3.63, 3.8) is 0 Å². The Kier molecular flexibility index (Phi) is 6.24. The Morgan fingerprint density at radius 1 is 0.800 bits per heavy atom. The highest BCUT2D eigenvalue weighted by Gasteiger charge is 2.21. The van der Waals surface area contributed by atoms with Gasteiger partial charge in [-0.3, -0.25) is 0 Å². The first-order valence-electron chi connectivity index (χ1n) is 10.6. The summed E-state index contributed by atoms with van der Waals surface area (Å²) in [7, 11) is 6.36. The smallest absolute Gasteiger partial charge is 0.143 e. The van der Waals surface area contributed by atoms with Gasteiger partial charge in [0.1, 0.15) is 12.4 Å². The third-order valence-electron chi connectivity index (χ3n) is 5.76. The van der Waals surface area contributed by atoms with Gasteiger partial charge in [0.2, 0.25) is 0 Å². The van der Waals surface area contributed by atoms with Crippen LogP contribution >= 0.6 is 0 Å². The zero-order chi connectivity index (χ0) is 20.9. The summed E-state index contributed by atoms with van der Waals surface area (Å²) in [5.41, 5.74) is 6.25. The van der Waals surface area contributed by atoms with Gasteiger partial charge < -0.3 is 19.4 Å². The van der Waals surface area contributed by atoms with Gasteiger partial charge in [-0.05, 0) is 49.4 Å². The molecule has 4 heteroatoms. The minimum atomic E-state index is 0.614. The van der Waals surface area contributed by atoms with Gasteiger partial charge in [0.25, 0.3) is 0 Å². The molecular formula is C26H31N3O. The summed E-state index contributed by atoms with van der Waals surface area (Å²) in [4.78, 5) is 6.95. The molecule has 0 fully saturated rings. The highest BCUT2D eigenvalue weighted by atomic mass is 16.5. The molecule has 0 unspecified atom stereocenters. The fourth-order valence-corrected chi connectivity index (χ4v) is 3.89. The second-order valence-corrected chi connectivity index (χ2v) is 8.15. The summed E-state index contributed by atoms with van der Waals surface area (Å²) < 4.78 is 6.08. The van der Waals surface area contributed by atoms with Crippen LogP contribution in [-0.2, 0) is 13.0 Å². The van der Waals surface area contributed by atoms with Crippen LogP contribution in [0.15, 0.2) is 72.8 Å². The van der Waals surface area contributed by atoms with Crippen LogP contribution in [0.1, 0.15) is 11.1 Å². The average Bonchev–Trinajstić information content (AvgIpc) is 2.93. The zero-order valence-electron chi connectivity index (χ0n) is 18.2. The van der Waals surface area contributed by atoms with Crippen LogP contribution in [0.3, 0.4) is 0 Å². The van der Waals surface area contributed by atoms with Crippen molar-refractivity contribution >= 4 is 17.1 Å². The van der Waals surface area contributed by atoms with E-state index in [-0.39, 0.29) is 0 Å². The lowest BCUT2D eigenvalue weighted by atomic mass is 10.1. The lowest BCUT2D eigenvalue weighted by Crippen LogP contribution is -2.32. The summed E-state index contributed by atoms with van der Waals surface area (Å²) >= 11 is 0. The maximum atomic E-state index is 6.08. The Balaban J connectivity index is 1.41. The molecule has 0 amide bonds. The van der Waals surface area contributed by atoms with Crippen molar-refractivity contribution in [2.24, 2.45) is 0 Å². The van der Waals surface area contributed by atoms with Crippen molar-refractivity contribution in [2.75, 3.05) is 50.6 Å². The number of hydrogen-bond acceptors (Lipinski definition) is 4. The van der Waals surface area contributed by atoms with E-state index in [0.29, 0.717) is 6.61 Å². The van der Waals surface area contributed by atoms with E-state index in [1.54, 1.807) is 0 Å². The van der Waals surface area contributed by atoms with Crippen LogP contribution in [0.25, 0.3) is 0 Å². The van der Waals surface area contributed by atoms with Crippen molar-refractivity contribution < 1.29 is 4.74 Å². The molecule has 0 radical (unpaired) electrons. The van der Waals surface area contributed by atoms with Gasteiger partial charge in [-0.25, -0.2) is 0 Å². The minimum absolute atomic E-state index is 0.614. The first-order valence-corrected chi connectivity index (χ1v) is 10.6. The van der Waals surface area contributed by atoms with E-state index in [1.807, 2.05) is 6.07 Å². The van der Waals surface area contributed by atoms with Gasteiger partial charge in [0, 0.05) is 50.7 Å². The molecule has 4 rings (SSSR count). The van der Waals surface area contributed by atoms with Gasteiger partial charge >= 0.3 is 0 Å². The van der Waals surface area contributed by atoms with E-state index in [1.165, 1.54) is 22.5 Å². The molecule has 4 nitrogen and oxygen atoms in total. The average molecular weight is 402 g/mol. The van der Waals surface area contributed by atoms with Crippen LogP contribution in [-0.4, -0.2) is 45.7 Å². The van der Waals surface area contributed by atoms with Crippen molar-refractivity contribution in [2.45, 2.75) is 13.0 Å². The Morgan fingerprint density at radius 3 is 2.27 bits per heavy atom. The van der Waals surface area contributed by atoms with Gasteiger partial charge in [0.05, 0.1) is 5.69 Å². The molecule has 0 saturated carbocycles. The van der Waals surface area contributed by atoms with Gasteiger partial charge in [-0.2, -0.15) is 0 Å². The third kappa shape index (κ3) is 4.60. The number of hydrogen-bond donors (Lipinski definition) is 0. The Bertz CT molecular complexity index is 921. The van der Waals surface area contributed by atoms with Crippen molar-refractivity contribution in [1.82, 2.24) is 4.90 Å². The number of nitrogens with zero attached hydrogens (tertiary/aromatic N) is 3. The fraction of sp³-hybridized carbons (Fsp3) is 0.308. The van der Waals surface area contributed by atoms with E-state index in [0.717, 1.165) is 37.5 Å². The predicted octanol–water partition coefficient (Wildman–Crippen LogP) is 4.96. The van der Waals surface area contributed by atoms with E-state index in [2.05, 4.69) is 103 Å². The van der Waals surface area contributed by atoms with Crippen molar-refractivity contribution in [3.05, 3.63) is 83.9 Å². The van der Waals surface area contributed by atoms with Crippen molar-refractivity contribution in [3.8, 4) is 5.75 Å². The molecule has 0 bridgehead atoms. The maximum Gasteiger partial charge on any atom is 0.143 e. The molecule has 1 heterocycles. The molecule has 0 N–H and O–H groups in total. The first-order chi connectivity index (χ1) is 14.6. The number of rotatable bonds is 7. The molecular weight excluding hydrogens is 370 g/mol. The van der Waals surface area contributed by atoms with Crippen LogP contribution in [0.4, 0.5) is 17.1 Å². The SMILES string of the molecule is CN(CCc1ccc(N(C)C)cc1)CCN1c2ccccc2COc2ccccc21. The second kappa shape index (κ2) is 9.23. The number of fused-ring (bicyclic) bond motifs is 2. The maximum absolute atomic E-state index is 6.08. The number of likely N-dealkylation sites (N-methyl/N-ethyl adjacent to an activating group) is 1. The quantitative estimate of drug-likeness (QED) is 0.557. The van der Waals surface area contributed by atoms with E-state index in [4.69, 9.17) is 4.74 Å². The van der Waals surface area contributed by atoms with E-state index >= 15 is 0 Å². The monoisotopic (exact) mass is 401 g/mol. The molecule has 1 aliphatic rings. The Hall–Kier alpha value is -2.98. The molecule has 0 spiro atoms. The van der Waals surface area contributed by atoms with Gasteiger partial charge in [0.15, 0.2) is 0 Å². The molecule has 0 aliphatic carbocycles. The zero-order valence-corrected chi connectivity index (χ0v) is 18.2. The third-order valence-corrected chi connectivity index (χ3v) is 5.76. The molecule has 0 saturated heterocycles. The van der Waals surface area contributed by atoms with E-state index < -0.39 is 0 Å². The second-order valence-electron chi connectivity index (χ2n) is 8.15. The summed E-state index contributed by atoms with van der Waals surface area (Å²) in [6, 6.07) is 25.8. The minimum Gasteiger partial charge on any atom is -0.487 e. The standard InChI is InChI=1S/C26H31N3O/c1-27(2)23-14-12-21(13-15-23)16-17-28(3)18-19-29-24-9-5-4-8-22(24)20-30-26-11-7-6-10-25(26)29/h4-15H,16-20H2,1-3H3. The Morgan fingerprint density at radius 2 is 1.50 bits per heavy atom. The summed E-state index contributed by atoms with van der Waals surface area (Å²) in [5, 5.41) is 0. The molecule has 3 aromatic rings. The van der Waals surface area contributed by atoms with Crippen molar-refractivity contribution in [1.29, 1.82) is 0 Å². The molecule has 0 aromatic heterocycles. The summed E-state index contributed by atoms with van der Waals surface area (Å²) in [6.45, 7) is 3.56. The molecule has 0 atom stereocenters. The number of para-hydroxylation sites is 3. The fourth-order valence-electron chi connectivity index (χ4n) is 3.89. The molecule has 3 aromatic carbocycles.